The van der Waals surface area contributed by atoms with Crippen LogP contribution in [0.25, 0.3) is 0 Å². The van der Waals surface area contributed by atoms with Crippen LogP contribution in [0.3, 0.4) is 0 Å². The van der Waals surface area contributed by atoms with E-state index in [4.69, 9.17) is 0 Å². The number of benzene rings is 1. The summed E-state index contributed by atoms with van der Waals surface area (Å²) in [7, 11) is 2.10. The van der Waals surface area contributed by atoms with Crippen molar-refractivity contribution in [2.24, 2.45) is 0 Å². The Morgan fingerprint density at radius 3 is 2.68 bits per heavy atom. The molecule has 4 heteroatoms. The minimum Gasteiger partial charge on any atom is -0.393 e. The van der Waals surface area contributed by atoms with Crippen molar-refractivity contribution in [3.05, 3.63) is 34.1 Å². The summed E-state index contributed by atoms with van der Waals surface area (Å²) in [6.07, 6.45) is 4.46. The van der Waals surface area contributed by atoms with Gasteiger partial charge in [0.1, 0.15) is 5.82 Å². The van der Waals surface area contributed by atoms with Crippen LogP contribution in [0.1, 0.15) is 31.2 Å². The Hall–Kier alpha value is -0.450. The average Bonchev–Trinajstić information content (AvgIpc) is 2.40. The number of aliphatic hydroxyl groups excluding tert-OH is 1. The molecule has 19 heavy (non-hydrogen) atoms. The molecule has 0 radical (unpaired) electrons. The predicted molar refractivity (Wildman–Crippen MR) is 78.7 cm³/mol. The van der Waals surface area contributed by atoms with Crippen molar-refractivity contribution in [2.45, 2.75) is 44.2 Å². The summed E-state index contributed by atoms with van der Waals surface area (Å²) in [4.78, 5) is 2.30. The topological polar surface area (TPSA) is 23.5 Å². The van der Waals surface area contributed by atoms with Gasteiger partial charge in [-0.25, -0.2) is 4.39 Å². The highest BCUT2D eigenvalue weighted by atomic mass is 79.9. The quantitative estimate of drug-likeness (QED) is 0.915. The van der Waals surface area contributed by atoms with Crippen molar-refractivity contribution in [1.82, 2.24) is 4.90 Å². The maximum atomic E-state index is 13.6. The highest BCUT2D eigenvalue weighted by Crippen LogP contribution is 2.23. The van der Waals surface area contributed by atoms with Crippen molar-refractivity contribution >= 4 is 15.9 Å². The van der Waals surface area contributed by atoms with Gasteiger partial charge in [0.2, 0.25) is 0 Å². The molecule has 0 aliphatic heterocycles. The zero-order valence-electron chi connectivity index (χ0n) is 11.3. The van der Waals surface area contributed by atoms with Crippen LogP contribution in [0, 0.1) is 5.82 Å². The van der Waals surface area contributed by atoms with Gasteiger partial charge in [0.05, 0.1) is 6.10 Å². The Morgan fingerprint density at radius 1 is 1.32 bits per heavy atom. The molecule has 1 aliphatic carbocycles. The molecule has 1 N–H and O–H groups in total. The van der Waals surface area contributed by atoms with Crippen molar-refractivity contribution in [2.75, 3.05) is 13.6 Å². The van der Waals surface area contributed by atoms with E-state index in [0.717, 1.165) is 48.7 Å². The molecule has 0 heterocycles. The van der Waals surface area contributed by atoms with Gasteiger partial charge < -0.3 is 10.0 Å². The van der Waals surface area contributed by atoms with Crippen LogP contribution in [-0.2, 0) is 6.42 Å². The lowest BCUT2D eigenvalue weighted by Crippen LogP contribution is -2.37. The van der Waals surface area contributed by atoms with E-state index >= 15 is 0 Å². The van der Waals surface area contributed by atoms with Crippen LogP contribution in [0.4, 0.5) is 4.39 Å². The molecule has 0 aromatic heterocycles. The first-order chi connectivity index (χ1) is 9.06. The zero-order valence-corrected chi connectivity index (χ0v) is 12.9. The summed E-state index contributed by atoms with van der Waals surface area (Å²) < 4.78 is 14.6. The summed E-state index contributed by atoms with van der Waals surface area (Å²) in [6, 6.07) is 5.62. The summed E-state index contributed by atoms with van der Waals surface area (Å²) >= 11 is 3.38. The van der Waals surface area contributed by atoms with Gasteiger partial charge in [0.25, 0.3) is 0 Å². The minimum atomic E-state index is -0.129. The molecule has 0 atom stereocenters. The van der Waals surface area contributed by atoms with Crippen LogP contribution in [0.5, 0.6) is 0 Å². The molecular weight excluding hydrogens is 309 g/mol. The van der Waals surface area contributed by atoms with E-state index < -0.39 is 0 Å². The largest absolute Gasteiger partial charge is 0.393 e. The second-order valence-electron chi connectivity index (χ2n) is 5.43. The van der Waals surface area contributed by atoms with Gasteiger partial charge in [0, 0.05) is 17.1 Å². The van der Waals surface area contributed by atoms with E-state index in [2.05, 4.69) is 27.9 Å². The smallest absolute Gasteiger partial charge is 0.126 e. The van der Waals surface area contributed by atoms with Gasteiger partial charge in [-0.3, -0.25) is 0 Å². The van der Waals surface area contributed by atoms with E-state index in [0.29, 0.717) is 6.04 Å². The molecule has 2 rings (SSSR count). The molecule has 2 nitrogen and oxygen atoms in total. The molecule has 0 bridgehead atoms. The molecule has 0 spiro atoms. The number of nitrogens with zero attached hydrogens (tertiary/aromatic N) is 1. The Kier molecular flexibility index (Phi) is 5.37. The summed E-state index contributed by atoms with van der Waals surface area (Å²) in [5.41, 5.74) is 0.761. The Bertz CT molecular complexity index is 419. The van der Waals surface area contributed by atoms with Gasteiger partial charge in [-0.1, -0.05) is 15.9 Å². The fourth-order valence-electron chi connectivity index (χ4n) is 2.71. The average molecular weight is 330 g/mol. The van der Waals surface area contributed by atoms with Crippen molar-refractivity contribution in [3.8, 4) is 0 Å². The molecule has 1 saturated carbocycles. The molecular formula is C15H21BrFNO. The summed E-state index contributed by atoms with van der Waals surface area (Å²) in [5.74, 6) is -0.129. The van der Waals surface area contributed by atoms with Crippen molar-refractivity contribution < 1.29 is 9.50 Å². The van der Waals surface area contributed by atoms with Gasteiger partial charge in [-0.2, -0.15) is 0 Å². The van der Waals surface area contributed by atoms with E-state index in [9.17, 15) is 9.50 Å². The molecule has 1 aromatic carbocycles. The highest BCUT2D eigenvalue weighted by Gasteiger charge is 2.22. The Morgan fingerprint density at radius 2 is 2.00 bits per heavy atom. The Balaban J connectivity index is 1.86. The first-order valence-electron chi connectivity index (χ1n) is 6.88. The molecule has 106 valence electrons. The van der Waals surface area contributed by atoms with E-state index in [1.54, 1.807) is 6.07 Å². The number of hydrogen-bond donors (Lipinski definition) is 1. The van der Waals surface area contributed by atoms with Crippen molar-refractivity contribution in [3.63, 3.8) is 0 Å². The van der Waals surface area contributed by atoms with Crippen LogP contribution < -0.4 is 0 Å². The third-order valence-electron chi connectivity index (χ3n) is 4.03. The lowest BCUT2D eigenvalue weighted by molar-refractivity contribution is 0.0846. The van der Waals surface area contributed by atoms with Crippen LogP contribution >= 0.6 is 15.9 Å². The SMILES string of the molecule is CN(CCc1cc(Br)ccc1F)C1CCC(O)CC1. The number of likely N-dealkylation sites (N-methyl/N-ethyl adjacent to an activating group) is 1. The molecule has 0 amide bonds. The minimum absolute atomic E-state index is 0.118. The number of hydrogen-bond acceptors (Lipinski definition) is 2. The number of aliphatic hydroxyl groups is 1. The highest BCUT2D eigenvalue weighted by molar-refractivity contribution is 9.10. The maximum Gasteiger partial charge on any atom is 0.126 e. The van der Waals surface area contributed by atoms with Crippen molar-refractivity contribution in [1.29, 1.82) is 0 Å². The van der Waals surface area contributed by atoms with Gasteiger partial charge in [0.15, 0.2) is 0 Å². The fraction of sp³-hybridized carbons (Fsp3) is 0.600. The molecule has 1 aromatic rings. The van der Waals surface area contributed by atoms with Gasteiger partial charge in [-0.15, -0.1) is 0 Å². The van der Waals surface area contributed by atoms with E-state index in [1.807, 2.05) is 6.07 Å². The van der Waals surface area contributed by atoms with Crippen LogP contribution in [0.15, 0.2) is 22.7 Å². The number of halogens is 2. The monoisotopic (exact) mass is 329 g/mol. The van der Waals surface area contributed by atoms with Crippen LogP contribution in [-0.4, -0.2) is 35.7 Å². The third kappa shape index (κ3) is 4.26. The normalized spacial score (nSPS) is 23.8. The lowest BCUT2D eigenvalue weighted by atomic mass is 9.92. The van der Waals surface area contributed by atoms with Gasteiger partial charge >= 0.3 is 0 Å². The van der Waals surface area contributed by atoms with Gasteiger partial charge in [-0.05, 0) is 62.9 Å². The summed E-state index contributed by atoms with van der Waals surface area (Å²) in [5, 5.41) is 9.51. The maximum absolute atomic E-state index is 13.6. The second-order valence-corrected chi connectivity index (χ2v) is 6.34. The fourth-order valence-corrected chi connectivity index (χ4v) is 3.12. The molecule has 1 aliphatic rings. The number of rotatable bonds is 4. The first-order valence-corrected chi connectivity index (χ1v) is 7.68. The zero-order chi connectivity index (χ0) is 13.8. The lowest BCUT2D eigenvalue weighted by Gasteiger charge is -2.33. The summed E-state index contributed by atoms with van der Waals surface area (Å²) in [6.45, 7) is 0.855. The first kappa shape index (κ1) is 14.9. The molecule has 0 saturated heterocycles. The van der Waals surface area contributed by atoms with E-state index in [-0.39, 0.29) is 11.9 Å². The second kappa shape index (κ2) is 6.82. The van der Waals surface area contributed by atoms with E-state index in [1.165, 1.54) is 6.07 Å². The molecule has 1 fully saturated rings. The predicted octanol–water partition coefficient (Wildman–Crippen LogP) is 3.37. The molecule has 0 unspecified atom stereocenters. The van der Waals surface area contributed by atoms with Crippen LogP contribution in [0.2, 0.25) is 0 Å². The Labute approximate surface area is 122 Å². The standard InChI is InChI=1S/C15H21BrFNO/c1-18(13-3-5-14(19)6-4-13)9-8-11-10-12(16)2-7-15(11)17/h2,7,10,13-14,19H,3-6,8-9H2,1H3. The third-order valence-corrected chi connectivity index (χ3v) is 4.52.